The van der Waals surface area contributed by atoms with Gasteiger partial charge < -0.3 is 9.73 Å². The van der Waals surface area contributed by atoms with Gasteiger partial charge in [0.1, 0.15) is 11.5 Å². The summed E-state index contributed by atoms with van der Waals surface area (Å²) >= 11 is 0. The summed E-state index contributed by atoms with van der Waals surface area (Å²) in [6, 6.07) is 3.52. The molecule has 0 aromatic carbocycles. The molecule has 7 heteroatoms. The molecule has 0 radical (unpaired) electrons. The first kappa shape index (κ1) is 13.7. The predicted molar refractivity (Wildman–Crippen MR) is 70.6 cm³/mol. The third-order valence-electron chi connectivity index (χ3n) is 2.44. The number of nitrogens with one attached hydrogen (secondary N) is 2. The van der Waals surface area contributed by atoms with E-state index in [1.54, 1.807) is 12.1 Å². The summed E-state index contributed by atoms with van der Waals surface area (Å²) in [6.45, 7) is 1.95. The van der Waals surface area contributed by atoms with Crippen LogP contribution in [0.1, 0.15) is 18.4 Å². The third kappa shape index (κ3) is 3.41. The normalized spacial score (nSPS) is 10.9. The molecule has 2 aromatic heterocycles. The summed E-state index contributed by atoms with van der Waals surface area (Å²) in [5.41, 5.74) is -0.746. The number of halogens is 1. The van der Waals surface area contributed by atoms with Crippen LogP contribution < -0.4 is 11.0 Å². The zero-order valence-corrected chi connectivity index (χ0v) is 10.6. The Morgan fingerprint density at radius 2 is 2.35 bits per heavy atom. The lowest BCUT2D eigenvalue weighted by atomic mass is 10.3. The van der Waals surface area contributed by atoms with Crippen LogP contribution in [0.5, 0.6) is 0 Å². The summed E-state index contributed by atoms with van der Waals surface area (Å²) in [5.74, 6) is -0.429. The van der Waals surface area contributed by atoms with E-state index >= 15 is 0 Å². The zero-order chi connectivity index (χ0) is 14.5. The number of hydrogen-bond acceptors (Lipinski definition) is 4. The van der Waals surface area contributed by atoms with Crippen molar-refractivity contribution in [1.29, 1.82) is 0 Å². The minimum absolute atomic E-state index is 0.326. The van der Waals surface area contributed by atoms with E-state index in [-0.39, 0.29) is 5.82 Å². The minimum atomic E-state index is -0.822. The molecule has 0 saturated heterocycles. The Morgan fingerprint density at radius 1 is 1.55 bits per heavy atom. The fourth-order valence-electron chi connectivity index (χ4n) is 1.47. The molecule has 104 valence electrons. The van der Waals surface area contributed by atoms with Crippen LogP contribution in [0.2, 0.25) is 0 Å². The van der Waals surface area contributed by atoms with Gasteiger partial charge in [0.2, 0.25) is 5.91 Å². The van der Waals surface area contributed by atoms with E-state index in [9.17, 15) is 14.0 Å². The molecular weight excluding hydrogens is 265 g/mol. The second kappa shape index (κ2) is 5.96. The van der Waals surface area contributed by atoms with Gasteiger partial charge in [-0.3, -0.25) is 9.78 Å². The van der Waals surface area contributed by atoms with Crippen LogP contribution >= 0.6 is 0 Å². The summed E-state index contributed by atoms with van der Waals surface area (Å²) in [4.78, 5) is 27.8. The molecule has 6 nitrogen and oxygen atoms in total. The van der Waals surface area contributed by atoms with E-state index in [0.717, 1.165) is 18.4 Å². The molecule has 0 aliphatic rings. The van der Waals surface area contributed by atoms with Crippen LogP contribution in [-0.4, -0.2) is 15.9 Å². The fourth-order valence-corrected chi connectivity index (χ4v) is 1.47. The van der Waals surface area contributed by atoms with Crippen LogP contribution in [0.25, 0.3) is 6.08 Å². The molecule has 0 atom stereocenters. The fraction of sp³-hybridized carbons (Fsp3) is 0.154. The molecule has 0 spiro atoms. The zero-order valence-electron chi connectivity index (χ0n) is 10.6. The molecule has 1 amide bonds. The number of carbonyl (C=O) groups is 1. The molecule has 0 aliphatic carbocycles. The molecular formula is C13H12FN3O3. The van der Waals surface area contributed by atoms with Crippen molar-refractivity contribution in [2.75, 3.05) is 5.32 Å². The van der Waals surface area contributed by atoms with E-state index in [4.69, 9.17) is 4.42 Å². The molecule has 0 unspecified atom stereocenters. The number of carbonyl (C=O) groups excluding carboxylic acids is 1. The number of nitrogens with zero attached hydrogens (tertiary/aromatic N) is 1. The maximum Gasteiger partial charge on any atom is 0.346 e. The first-order valence-corrected chi connectivity index (χ1v) is 5.91. The maximum atomic E-state index is 13.3. The molecule has 20 heavy (non-hydrogen) atoms. The third-order valence-corrected chi connectivity index (χ3v) is 2.44. The number of anilines is 1. The summed E-state index contributed by atoms with van der Waals surface area (Å²) in [6.07, 6.45) is 4.11. The van der Waals surface area contributed by atoms with Crippen LogP contribution in [0.3, 0.4) is 0 Å². The molecule has 0 fully saturated rings. The highest BCUT2D eigenvalue weighted by Gasteiger charge is 2.06. The molecule has 0 aliphatic heterocycles. The summed E-state index contributed by atoms with van der Waals surface area (Å²) < 4.78 is 18.6. The second-order valence-corrected chi connectivity index (χ2v) is 3.89. The topological polar surface area (TPSA) is 88.0 Å². The number of rotatable bonds is 4. The van der Waals surface area contributed by atoms with Crippen molar-refractivity contribution in [1.82, 2.24) is 9.97 Å². The van der Waals surface area contributed by atoms with Crippen LogP contribution in [-0.2, 0) is 11.2 Å². The summed E-state index contributed by atoms with van der Waals surface area (Å²) in [5, 5.41) is 2.20. The van der Waals surface area contributed by atoms with Crippen molar-refractivity contribution in [2.45, 2.75) is 13.3 Å². The predicted octanol–water partition coefficient (Wildman–Crippen LogP) is 1.72. The Kier molecular flexibility index (Phi) is 4.09. The van der Waals surface area contributed by atoms with Crippen molar-refractivity contribution in [3.05, 3.63) is 52.2 Å². The van der Waals surface area contributed by atoms with E-state index in [1.807, 2.05) is 6.92 Å². The average Bonchev–Trinajstić information content (AvgIpc) is 2.89. The molecule has 2 rings (SSSR count). The lowest BCUT2D eigenvalue weighted by molar-refractivity contribution is -0.111. The van der Waals surface area contributed by atoms with Crippen LogP contribution in [0.15, 0.2) is 33.6 Å². The smallest absolute Gasteiger partial charge is 0.346 e. The Morgan fingerprint density at radius 3 is 3.05 bits per heavy atom. The first-order valence-electron chi connectivity index (χ1n) is 5.91. The van der Waals surface area contributed by atoms with Gasteiger partial charge in [0, 0.05) is 12.5 Å². The van der Waals surface area contributed by atoms with E-state index < -0.39 is 17.4 Å². The van der Waals surface area contributed by atoms with Gasteiger partial charge >= 0.3 is 5.69 Å². The SMILES string of the molecule is CCc1ccc(C=CC(=O)Nc2[nH]c(=O)ncc2F)o1. The molecule has 2 heterocycles. The first-order chi connectivity index (χ1) is 9.58. The van der Waals surface area contributed by atoms with Gasteiger partial charge in [-0.05, 0) is 18.2 Å². The standard InChI is InChI=1S/C13H12FN3O3/c1-2-8-3-4-9(20-8)5-6-11(18)16-12-10(14)7-15-13(19)17-12/h3-7H,2H2,1H3,(H2,15,16,17,18,19). The van der Waals surface area contributed by atoms with Crippen molar-refractivity contribution < 1.29 is 13.6 Å². The highest BCUT2D eigenvalue weighted by atomic mass is 19.1. The number of hydrogen-bond donors (Lipinski definition) is 2. The Labute approximate surface area is 113 Å². The monoisotopic (exact) mass is 277 g/mol. The van der Waals surface area contributed by atoms with Crippen LogP contribution in [0, 0.1) is 5.82 Å². The number of aryl methyl sites for hydroxylation is 1. The number of aromatic nitrogens is 2. The number of aromatic amines is 1. The van der Waals surface area contributed by atoms with Crippen molar-refractivity contribution in [2.24, 2.45) is 0 Å². The summed E-state index contributed by atoms with van der Waals surface area (Å²) in [7, 11) is 0. The maximum absolute atomic E-state index is 13.3. The van der Waals surface area contributed by atoms with Gasteiger partial charge in [-0.1, -0.05) is 6.92 Å². The lowest BCUT2D eigenvalue weighted by Gasteiger charge is -2.01. The van der Waals surface area contributed by atoms with Gasteiger partial charge in [0.05, 0.1) is 6.20 Å². The average molecular weight is 277 g/mol. The number of furan rings is 1. The van der Waals surface area contributed by atoms with Crippen molar-refractivity contribution in [3.8, 4) is 0 Å². The number of amides is 1. The van der Waals surface area contributed by atoms with E-state index in [2.05, 4.69) is 15.3 Å². The Balaban J connectivity index is 2.05. The number of H-pyrrole nitrogens is 1. The minimum Gasteiger partial charge on any atom is -0.462 e. The van der Waals surface area contributed by atoms with Crippen molar-refractivity contribution >= 4 is 17.8 Å². The van der Waals surface area contributed by atoms with Gasteiger partial charge in [-0.2, -0.15) is 4.98 Å². The van der Waals surface area contributed by atoms with Gasteiger partial charge in [-0.25, -0.2) is 9.18 Å². The van der Waals surface area contributed by atoms with E-state index in [0.29, 0.717) is 5.76 Å². The Bertz CT molecular complexity index is 703. The molecule has 0 bridgehead atoms. The highest BCUT2D eigenvalue weighted by Crippen LogP contribution is 2.10. The molecule has 2 aromatic rings. The van der Waals surface area contributed by atoms with Gasteiger partial charge in [0.25, 0.3) is 0 Å². The Hall–Kier alpha value is -2.70. The van der Waals surface area contributed by atoms with Gasteiger partial charge in [-0.15, -0.1) is 0 Å². The molecule has 0 saturated carbocycles. The highest BCUT2D eigenvalue weighted by molar-refractivity contribution is 6.01. The lowest BCUT2D eigenvalue weighted by Crippen LogP contribution is -2.18. The van der Waals surface area contributed by atoms with Gasteiger partial charge in [0.15, 0.2) is 11.6 Å². The van der Waals surface area contributed by atoms with Crippen LogP contribution in [0.4, 0.5) is 10.2 Å². The largest absolute Gasteiger partial charge is 0.462 e. The van der Waals surface area contributed by atoms with Crippen molar-refractivity contribution in [3.63, 3.8) is 0 Å². The second-order valence-electron chi connectivity index (χ2n) is 3.89. The molecule has 2 N–H and O–H groups in total. The van der Waals surface area contributed by atoms with E-state index in [1.165, 1.54) is 12.2 Å². The quantitative estimate of drug-likeness (QED) is 0.833.